The zero-order chi connectivity index (χ0) is 16.6. The van der Waals surface area contributed by atoms with Crippen molar-refractivity contribution in [2.24, 2.45) is 0 Å². The number of benzene rings is 1. The van der Waals surface area contributed by atoms with Crippen molar-refractivity contribution in [2.45, 2.75) is 24.9 Å². The minimum atomic E-state index is -0.500. The number of likely N-dealkylation sites (tertiary alicyclic amines) is 1. The number of ketones is 1. The summed E-state index contributed by atoms with van der Waals surface area (Å²) in [5.74, 6) is 1.36. The van der Waals surface area contributed by atoms with E-state index >= 15 is 0 Å². The maximum absolute atomic E-state index is 12.5. The summed E-state index contributed by atoms with van der Waals surface area (Å²) < 4.78 is 11.4. The van der Waals surface area contributed by atoms with Crippen molar-refractivity contribution < 1.29 is 19.1 Å². The quantitative estimate of drug-likeness (QED) is 0.796. The number of fused-ring (bicyclic) bond motifs is 1. The Morgan fingerprint density at radius 1 is 1.30 bits per heavy atom. The Morgan fingerprint density at radius 3 is 2.61 bits per heavy atom. The summed E-state index contributed by atoms with van der Waals surface area (Å²) in [6.07, 6.45) is 1.69. The molecule has 0 saturated carbocycles. The van der Waals surface area contributed by atoms with E-state index in [0.29, 0.717) is 49.4 Å². The van der Waals surface area contributed by atoms with Crippen LogP contribution in [0.15, 0.2) is 18.2 Å². The number of carbonyl (C=O) groups excluding carboxylic acids is 2. The molecule has 6 heteroatoms. The maximum Gasteiger partial charge on any atom is 0.319 e. The van der Waals surface area contributed by atoms with Crippen LogP contribution in [-0.4, -0.2) is 61.5 Å². The summed E-state index contributed by atoms with van der Waals surface area (Å²) in [5.41, 5.74) is 0.114. The maximum atomic E-state index is 12.5. The Morgan fingerprint density at radius 2 is 2.00 bits per heavy atom. The van der Waals surface area contributed by atoms with E-state index in [0.717, 1.165) is 0 Å². The van der Waals surface area contributed by atoms with Gasteiger partial charge < -0.3 is 19.3 Å². The molecule has 6 nitrogen and oxygen atoms in total. The number of Topliss-reactive ketones (excluding diaryl/α,β-unsaturated/α-hetero) is 1. The highest BCUT2D eigenvalue weighted by atomic mass is 16.5. The number of methoxy groups -OCH3 is 1. The first-order chi connectivity index (χ1) is 10.9. The highest BCUT2D eigenvalue weighted by Gasteiger charge is 2.43. The van der Waals surface area contributed by atoms with Crippen LogP contribution < -0.4 is 9.47 Å². The fourth-order valence-electron chi connectivity index (χ4n) is 3.27. The zero-order valence-electron chi connectivity index (χ0n) is 13.8. The van der Waals surface area contributed by atoms with Gasteiger partial charge in [0.25, 0.3) is 0 Å². The third-order valence-electron chi connectivity index (χ3n) is 4.63. The first-order valence-electron chi connectivity index (χ1n) is 7.81. The van der Waals surface area contributed by atoms with Crippen LogP contribution in [0.5, 0.6) is 11.5 Å². The molecule has 1 aromatic carbocycles. The molecule has 2 aliphatic rings. The number of hydrogen-bond donors (Lipinski definition) is 0. The molecule has 124 valence electrons. The zero-order valence-corrected chi connectivity index (χ0v) is 13.8. The molecule has 0 bridgehead atoms. The molecule has 2 heterocycles. The van der Waals surface area contributed by atoms with Crippen LogP contribution in [-0.2, 0) is 0 Å². The van der Waals surface area contributed by atoms with Crippen LogP contribution in [0, 0.1) is 0 Å². The van der Waals surface area contributed by atoms with Crippen LogP contribution in [0.3, 0.4) is 0 Å². The SMILES string of the molecule is COc1ccc2c(c1)OC1(CCN(C(=O)N(C)C)CC1)CC2=O. The predicted octanol–water partition coefficient (Wildman–Crippen LogP) is 2.18. The molecule has 0 aromatic heterocycles. The average molecular weight is 318 g/mol. The molecule has 0 N–H and O–H groups in total. The Kier molecular flexibility index (Phi) is 3.92. The summed E-state index contributed by atoms with van der Waals surface area (Å²) in [5, 5.41) is 0. The van der Waals surface area contributed by atoms with Crippen molar-refractivity contribution in [2.75, 3.05) is 34.3 Å². The Balaban J connectivity index is 1.78. The third kappa shape index (κ3) is 2.85. The predicted molar refractivity (Wildman–Crippen MR) is 85.2 cm³/mol. The van der Waals surface area contributed by atoms with Gasteiger partial charge in [-0.15, -0.1) is 0 Å². The molecule has 3 rings (SSSR count). The number of piperidine rings is 1. The molecule has 0 aliphatic carbocycles. The van der Waals surface area contributed by atoms with Crippen LogP contribution in [0.4, 0.5) is 4.79 Å². The van der Waals surface area contributed by atoms with Gasteiger partial charge in [-0.25, -0.2) is 4.79 Å². The molecule has 0 atom stereocenters. The molecule has 0 unspecified atom stereocenters. The Bertz CT molecular complexity index is 633. The number of carbonyl (C=O) groups is 2. The topological polar surface area (TPSA) is 59.1 Å². The number of hydrogen-bond acceptors (Lipinski definition) is 4. The lowest BCUT2D eigenvalue weighted by Crippen LogP contribution is -2.53. The normalized spacial score (nSPS) is 19.1. The largest absolute Gasteiger partial charge is 0.497 e. The molecule has 1 spiro atoms. The van der Waals surface area contributed by atoms with Crippen LogP contribution in [0.2, 0.25) is 0 Å². The van der Waals surface area contributed by atoms with Crippen molar-refractivity contribution in [3.63, 3.8) is 0 Å². The van der Waals surface area contributed by atoms with Gasteiger partial charge in [0.1, 0.15) is 17.1 Å². The lowest BCUT2D eigenvalue weighted by atomic mass is 9.82. The second kappa shape index (κ2) is 5.76. The first kappa shape index (κ1) is 15.6. The van der Waals surface area contributed by atoms with E-state index in [1.165, 1.54) is 0 Å². The monoisotopic (exact) mass is 318 g/mol. The van der Waals surface area contributed by atoms with E-state index in [1.807, 2.05) is 0 Å². The standard InChI is InChI=1S/C17H22N2O4/c1-18(2)16(21)19-8-6-17(7-9-19)11-14(20)13-5-4-12(22-3)10-15(13)23-17/h4-5,10H,6-9,11H2,1-3H3. The van der Waals surface area contributed by atoms with Gasteiger partial charge in [-0.2, -0.15) is 0 Å². The number of rotatable bonds is 1. The van der Waals surface area contributed by atoms with Gasteiger partial charge in [0.05, 0.1) is 19.1 Å². The summed E-state index contributed by atoms with van der Waals surface area (Å²) in [6.45, 7) is 1.20. The molecular formula is C17H22N2O4. The third-order valence-corrected chi connectivity index (χ3v) is 4.63. The number of nitrogens with zero attached hydrogens (tertiary/aromatic N) is 2. The molecule has 1 saturated heterocycles. The van der Waals surface area contributed by atoms with Crippen LogP contribution >= 0.6 is 0 Å². The summed E-state index contributed by atoms with van der Waals surface area (Å²) in [6, 6.07) is 5.31. The molecular weight excluding hydrogens is 296 g/mol. The highest BCUT2D eigenvalue weighted by Crippen LogP contribution is 2.40. The number of amides is 2. The molecule has 2 amide bonds. The van der Waals surface area contributed by atoms with Gasteiger partial charge in [-0.3, -0.25) is 4.79 Å². The minimum absolute atomic E-state index is 0.00375. The molecule has 2 aliphatic heterocycles. The molecule has 1 aromatic rings. The molecule has 0 radical (unpaired) electrons. The lowest BCUT2D eigenvalue weighted by Gasteiger charge is -2.44. The van der Waals surface area contributed by atoms with E-state index in [-0.39, 0.29) is 11.8 Å². The minimum Gasteiger partial charge on any atom is -0.497 e. The van der Waals surface area contributed by atoms with E-state index in [4.69, 9.17) is 9.47 Å². The molecule has 23 heavy (non-hydrogen) atoms. The van der Waals surface area contributed by atoms with Crippen LogP contribution in [0.25, 0.3) is 0 Å². The summed E-state index contributed by atoms with van der Waals surface area (Å²) in [4.78, 5) is 27.9. The van der Waals surface area contributed by atoms with Gasteiger partial charge in [-0.1, -0.05) is 0 Å². The van der Waals surface area contributed by atoms with Crippen molar-refractivity contribution in [1.29, 1.82) is 0 Å². The lowest BCUT2D eigenvalue weighted by molar-refractivity contribution is -0.00281. The van der Waals surface area contributed by atoms with Crippen molar-refractivity contribution in [3.8, 4) is 11.5 Å². The smallest absolute Gasteiger partial charge is 0.319 e. The van der Waals surface area contributed by atoms with Gasteiger partial charge in [0.2, 0.25) is 0 Å². The second-order valence-electron chi connectivity index (χ2n) is 6.41. The van der Waals surface area contributed by atoms with Crippen molar-refractivity contribution >= 4 is 11.8 Å². The van der Waals surface area contributed by atoms with E-state index in [2.05, 4.69) is 0 Å². The first-order valence-corrected chi connectivity index (χ1v) is 7.81. The van der Waals surface area contributed by atoms with Crippen LogP contribution in [0.1, 0.15) is 29.6 Å². The number of urea groups is 1. The second-order valence-corrected chi connectivity index (χ2v) is 6.41. The van der Waals surface area contributed by atoms with Gasteiger partial charge in [0, 0.05) is 46.1 Å². The Hall–Kier alpha value is -2.24. The van der Waals surface area contributed by atoms with Crippen molar-refractivity contribution in [1.82, 2.24) is 9.80 Å². The van der Waals surface area contributed by atoms with E-state index in [9.17, 15) is 9.59 Å². The summed E-state index contributed by atoms with van der Waals surface area (Å²) >= 11 is 0. The van der Waals surface area contributed by atoms with Gasteiger partial charge in [0.15, 0.2) is 5.78 Å². The average Bonchev–Trinajstić information content (AvgIpc) is 2.54. The van der Waals surface area contributed by atoms with E-state index in [1.54, 1.807) is 49.2 Å². The summed E-state index contributed by atoms with van der Waals surface area (Å²) in [7, 11) is 5.08. The van der Waals surface area contributed by atoms with Gasteiger partial charge in [-0.05, 0) is 12.1 Å². The highest BCUT2D eigenvalue weighted by molar-refractivity contribution is 6.00. The fourth-order valence-corrected chi connectivity index (χ4v) is 3.27. The fraction of sp³-hybridized carbons (Fsp3) is 0.529. The molecule has 1 fully saturated rings. The van der Waals surface area contributed by atoms with Gasteiger partial charge >= 0.3 is 6.03 Å². The number of ether oxygens (including phenoxy) is 2. The Labute approximate surface area is 136 Å². The van der Waals surface area contributed by atoms with Crippen molar-refractivity contribution in [3.05, 3.63) is 23.8 Å². The van der Waals surface area contributed by atoms with E-state index < -0.39 is 5.60 Å².